The van der Waals surface area contributed by atoms with Gasteiger partial charge in [-0.1, -0.05) is 256 Å². The number of hydrogen-bond acceptors (Lipinski definition) is 3. The fraction of sp³-hybridized carbons (Fsp3) is 0.868. The Kier molecular flexibility index (Phi) is 47.8. The predicted molar refractivity (Wildman–Crippen MR) is 253 cm³/mol. The number of rotatable bonds is 47. The highest BCUT2D eigenvalue weighted by Crippen LogP contribution is 2.17. The zero-order valence-corrected chi connectivity index (χ0v) is 38.6. The highest BCUT2D eigenvalue weighted by molar-refractivity contribution is 5.76. The Morgan fingerprint density at radius 2 is 0.719 bits per heavy atom. The number of allylic oxidation sites excluding steroid dienone is 6. The molecule has 336 valence electrons. The van der Waals surface area contributed by atoms with Crippen molar-refractivity contribution in [2.75, 3.05) is 6.61 Å². The molecule has 1 amide bonds. The summed E-state index contributed by atoms with van der Waals surface area (Å²) in [6.07, 6.45) is 65.5. The smallest absolute Gasteiger partial charge is 0.220 e. The summed E-state index contributed by atoms with van der Waals surface area (Å²) in [4.78, 5) is 12.4. The molecule has 0 saturated carbocycles. The van der Waals surface area contributed by atoms with Gasteiger partial charge in [0.25, 0.3) is 0 Å². The number of hydrogen-bond donors (Lipinski definition) is 3. The van der Waals surface area contributed by atoms with E-state index in [-0.39, 0.29) is 12.5 Å². The van der Waals surface area contributed by atoms with Crippen molar-refractivity contribution in [3.8, 4) is 0 Å². The van der Waals surface area contributed by atoms with E-state index in [1.165, 1.54) is 212 Å². The molecule has 0 heterocycles. The van der Waals surface area contributed by atoms with Crippen LogP contribution in [0.25, 0.3) is 0 Å². The third-order valence-electron chi connectivity index (χ3n) is 11.9. The molecule has 0 fully saturated rings. The first-order chi connectivity index (χ1) is 28.2. The van der Waals surface area contributed by atoms with Crippen molar-refractivity contribution in [3.63, 3.8) is 0 Å². The molecule has 2 atom stereocenters. The van der Waals surface area contributed by atoms with Gasteiger partial charge in [0, 0.05) is 6.42 Å². The Labute approximate surface area is 357 Å². The second kappa shape index (κ2) is 49.0. The molecule has 0 aromatic rings. The van der Waals surface area contributed by atoms with Gasteiger partial charge in [-0.15, -0.1) is 0 Å². The highest BCUT2D eigenvalue weighted by atomic mass is 16.3. The van der Waals surface area contributed by atoms with Crippen LogP contribution in [0.5, 0.6) is 0 Å². The number of carbonyl (C=O) groups is 1. The van der Waals surface area contributed by atoms with Crippen LogP contribution in [0.3, 0.4) is 0 Å². The topological polar surface area (TPSA) is 69.6 Å². The molecule has 0 aliphatic heterocycles. The quantitative estimate of drug-likeness (QED) is 0.0424. The van der Waals surface area contributed by atoms with Gasteiger partial charge in [-0.05, 0) is 51.4 Å². The number of carbonyl (C=O) groups excluding carboxylic acids is 1. The van der Waals surface area contributed by atoms with Gasteiger partial charge in [0.15, 0.2) is 0 Å². The van der Waals surface area contributed by atoms with Crippen LogP contribution in [0.15, 0.2) is 36.5 Å². The predicted octanol–water partition coefficient (Wildman–Crippen LogP) is 16.5. The lowest BCUT2D eigenvalue weighted by atomic mass is 10.0. The van der Waals surface area contributed by atoms with Crippen LogP contribution in [0.2, 0.25) is 0 Å². The summed E-state index contributed by atoms with van der Waals surface area (Å²) in [5.74, 6) is -0.0298. The average molecular weight is 800 g/mol. The van der Waals surface area contributed by atoms with Gasteiger partial charge in [0.2, 0.25) is 5.91 Å². The first-order valence-electron chi connectivity index (χ1n) is 25.7. The van der Waals surface area contributed by atoms with E-state index in [0.29, 0.717) is 12.8 Å². The standard InChI is InChI=1S/C53H101NO3/c1-3-5-7-9-11-13-15-16-17-18-19-20-21-22-23-24-25-26-27-28-29-30-31-32-33-34-35-36-37-38-39-41-43-45-47-49-53(57)54-51(50-55)52(56)48-46-44-42-40-14-12-10-8-6-4-2/h15-16,18-19,21-22,51-52,55-56H,3-14,17,20,23-50H2,1-2H3,(H,54,57)/b16-15-,19-18-,22-21-. The summed E-state index contributed by atoms with van der Waals surface area (Å²) in [7, 11) is 0. The van der Waals surface area contributed by atoms with Gasteiger partial charge in [-0.3, -0.25) is 4.79 Å². The van der Waals surface area contributed by atoms with Crippen molar-refractivity contribution in [3.05, 3.63) is 36.5 Å². The van der Waals surface area contributed by atoms with Crippen LogP contribution < -0.4 is 5.32 Å². The van der Waals surface area contributed by atoms with E-state index in [9.17, 15) is 15.0 Å². The molecule has 4 heteroatoms. The molecule has 0 bridgehead atoms. The minimum absolute atomic E-state index is 0.0298. The van der Waals surface area contributed by atoms with Gasteiger partial charge in [-0.25, -0.2) is 0 Å². The minimum atomic E-state index is -0.655. The van der Waals surface area contributed by atoms with Crippen molar-refractivity contribution < 1.29 is 15.0 Å². The Balaban J connectivity index is 3.39. The lowest BCUT2D eigenvalue weighted by Crippen LogP contribution is -2.45. The molecule has 0 aliphatic carbocycles. The maximum Gasteiger partial charge on any atom is 0.220 e. The number of aliphatic hydroxyl groups excluding tert-OH is 2. The van der Waals surface area contributed by atoms with Crippen LogP contribution in [0.1, 0.15) is 277 Å². The van der Waals surface area contributed by atoms with Crippen LogP contribution in [0, 0.1) is 0 Å². The summed E-state index contributed by atoms with van der Waals surface area (Å²) in [5.41, 5.74) is 0. The molecular weight excluding hydrogens is 699 g/mol. The number of unbranched alkanes of at least 4 members (excludes halogenated alkanes) is 34. The normalized spacial score (nSPS) is 13.1. The first-order valence-corrected chi connectivity index (χ1v) is 25.7. The van der Waals surface area contributed by atoms with Gasteiger partial charge in [0.1, 0.15) is 0 Å². The summed E-state index contributed by atoms with van der Waals surface area (Å²) in [5, 5.41) is 23.1. The van der Waals surface area contributed by atoms with E-state index in [1.807, 2.05) is 0 Å². The van der Waals surface area contributed by atoms with Crippen molar-refractivity contribution in [1.82, 2.24) is 5.32 Å². The lowest BCUT2D eigenvalue weighted by Gasteiger charge is -2.22. The molecule has 0 aromatic carbocycles. The van der Waals surface area contributed by atoms with E-state index in [4.69, 9.17) is 0 Å². The van der Waals surface area contributed by atoms with E-state index in [1.54, 1.807) is 0 Å². The molecule has 0 rings (SSSR count). The minimum Gasteiger partial charge on any atom is -0.394 e. The number of nitrogens with one attached hydrogen (secondary N) is 1. The van der Waals surface area contributed by atoms with Crippen LogP contribution >= 0.6 is 0 Å². The fourth-order valence-corrected chi connectivity index (χ4v) is 7.96. The van der Waals surface area contributed by atoms with E-state index in [2.05, 4.69) is 55.6 Å². The van der Waals surface area contributed by atoms with Gasteiger partial charge in [-0.2, -0.15) is 0 Å². The van der Waals surface area contributed by atoms with Crippen molar-refractivity contribution in [2.45, 2.75) is 289 Å². The Bertz CT molecular complexity index is 866. The number of aliphatic hydroxyl groups is 2. The molecule has 4 nitrogen and oxygen atoms in total. The SMILES string of the molecule is CCCCCCC/C=C\C/C=C\C/C=C\CCCCCCCCCCCCCCCCCCCCCCC(=O)NC(CO)C(O)CCCCCCCCCCCC. The maximum absolute atomic E-state index is 12.4. The van der Waals surface area contributed by atoms with Crippen molar-refractivity contribution in [2.24, 2.45) is 0 Å². The summed E-state index contributed by atoms with van der Waals surface area (Å²) >= 11 is 0. The zero-order valence-electron chi connectivity index (χ0n) is 38.6. The lowest BCUT2D eigenvalue weighted by molar-refractivity contribution is -0.123. The summed E-state index contributed by atoms with van der Waals surface area (Å²) in [6.45, 7) is 4.34. The fourth-order valence-electron chi connectivity index (χ4n) is 7.96. The molecule has 0 radical (unpaired) electrons. The van der Waals surface area contributed by atoms with Crippen LogP contribution in [0.4, 0.5) is 0 Å². The molecule has 0 aliphatic rings. The molecule has 0 aromatic heterocycles. The molecule has 57 heavy (non-hydrogen) atoms. The Morgan fingerprint density at radius 3 is 1.07 bits per heavy atom. The molecule has 0 spiro atoms. The monoisotopic (exact) mass is 800 g/mol. The molecular formula is C53H101NO3. The molecule has 3 N–H and O–H groups in total. The largest absolute Gasteiger partial charge is 0.394 e. The summed E-state index contributed by atoms with van der Waals surface area (Å²) in [6, 6.07) is -0.532. The maximum atomic E-state index is 12.4. The van der Waals surface area contributed by atoms with Gasteiger partial charge in [0.05, 0.1) is 18.8 Å². The van der Waals surface area contributed by atoms with Crippen molar-refractivity contribution in [1.29, 1.82) is 0 Å². The third-order valence-corrected chi connectivity index (χ3v) is 11.9. The van der Waals surface area contributed by atoms with Gasteiger partial charge >= 0.3 is 0 Å². The van der Waals surface area contributed by atoms with Gasteiger partial charge < -0.3 is 15.5 Å². The third kappa shape index (κ3) is 45.5. The van der Waals surface area contributed by atoms with E-state index >= 15 is 0 Å². The van der Waals surface area contributed by atoms with Crippen LogP contribution in [-0.2, 0) is 4.79 Å². The Hall–Kier alpha value is -1.39. The van der Waals surface area contributed by atoms with E-state index in [0.717, 1.165) is 38.5 Å². The molecule has 0 saturated heterocycles. The average Bonchev–Trinajstić information content (AvgIpc) is 3.22. The zero-order chi connectivity index (χ0) is 41.4. The highest BCUT2D eigenvalue weighted by Gasteiger charge is 2.20. The van der Waals surface area contributed by atoms with E-state index < -0.39 is 12.1 Å². The van der Waals surface area contributed by atoms with Crippen molar-refractivity contribution >= 4 is 5.91 Å². The second-order valence-electron chi connectivity index (χ2n) is 17.6. The Morgan fingerprint density at radius 1 is 0.421 bits per heavy atom. The first kappa shape index (κ1) is 55.6. The summed E-state index contributed by atoms with van der Waals surface area (Å²) < 4.78 is 0. The van der Waals surface area contributed by atoms with Crippen LogP contribution in [-0.4, -0.2) is 34.9 Å². The number of amides is 1. The molecule has 2 unspecified atom stereocenters. The second-order valence-corrected chi connectivity index (χ2v) is 17.6.